The molecule has 0 aliphatic carbocycles. The smallest absolute Gasteiger partial charge is 0.411 e. The second-order valence-corrected chi connectivity index (χ2v) is 4.23. The SMILES string of the molecule is O=C(O)c1cc2ccccc2cc1OCOCC(F)(F)F. The standard InChI is InChI=1S/C14H11F3O4/c15-14(16,17)7-20-8-21-12-6-10-4-2-1-3-9(10)5-11(12)13(18)19/h1-6H,7-8H2,(H,18,19). The van der Waals surface area contributed by atoms with Crippen molar-refractivity contribution in [2.24, 2.45) is 0 Å². The largest absolute Gasteiger partial charge is 0.478 e. The van der Waals surface area contributed by atoms with Gasteiger partial charge in [-0.15, -0.1) is 0 Å². The molecule has 2 aromatic rings. The van der Waals surface area contributed by atoms with Gasteiger partial charge in [0, 0.05) is 0 Å². The Morgan fingerprint density at radius 3 is 2.33 bits per heavy atom. The maximum absolute atomic E-state index is 11.9. The lowest BCUT2D eigenvalue weighted by molar-refractivity contribution is -0.186. The number of hydrogen-bond donors (Lipinski definition) is 1. The van der Waals surface area contributed by atoms with Crippen molar-refractivity contribution in [2.45, 2.75) is 6.18 Å². The van der Waals surface area contributed by atoms with E-state index in [4.69, 9.17) is 9.84 Å². The van der Waals surface area contributed by atoms with Crippen LogP contribution in [0.25, 0.3) is 10.8 Å². The molecule has 0 fully saturated rings. The van der Waals surface area contributed by atoms with Crippen molar-refractivity contribution < 1.29 is 32.5 Å². The van der Waals surface area contributed by atoms with Gasteiger partial charge in [-0.05, 0) is 22.9 Å². The fourth-order valence-electron chi connectivity index (χ4n) is 1.77. The maximum Gasteiger partial charge on any atom is 0.411 e. The second kappa shape index (κ2) is 6.01. The summed E-state index contributed by atoms with van der Waals surface area (Å²) in [4.78, 5) is 11.2. The summed E-state index contributed by atoms with van der Waals surface area (Å²) in [5, 5.41) is 10.5. The zero-order valence-electron chi connectivity index (χ0n) is 10.7. The van der Waals surface area contributed by atoms with E-state index in [1.807, 2.05) is 0 Å². The number of carboxylic acids is 1. The van der Waals surface area contributed by atoms with Crippen LogP contribution in [-0.2, 0) is 4.74 Å². The van der Waals surface area contributed by atoms with Crippen LogP contribution < -0.4 is 4.74 Å². The van der Waals surface area contributed by atoms with E-state index in [2.05, 4.69) is 4.74 Å². The summed E-state index contributed by atoms with van der Waals surface area (Å²) in [7, 11) is 0. The Balaban J connectivity index is 2.17. The Kier molecular flexibility index (Phi) is 4.32. The third kappa shape index (κ3) is 4.09. The molecule has 2 rings (SSSR count). The van der Waals surface area contributed by atoms with Crippen LogP contribution >= 0.6 is 0 Å². The number of benzene rings is 2. The molecule has 0 unspecified atom stereocenters. The van der Waals surface area contributed by atoms with Crippen molar-refractivity contribution in [2.75, 3.05) is 13.4 Å². The van der Waals surface area contributed by atoms with Crippen LogP contribution in [0.4, 0.5) is 13.2 Å². The number of aromatic carboxylic acids is 1. The summed E-state index contributed by atoms with van der Waals surface area (Å²) >= 11 is 0. The summed E-state index contributed by atoms with van der Waals surface area (Å²) < 4.78 is 45.1. The Morgan fingerprint density at radius 2 is 1.76 bits per heavy atom. The number of carboxylic acid groups (broad SMARTS) is 1. The Bertz CT molecular complexity index is 652. The first-order valence-corrected chi connectivity index (χ1v) is 5.90. The number of alkyl halides is 3. The van der Waals surface area contributed by atoms with Crippen molar-refractivity contribution in [3.8, 4) is 5.75 Å². The van der Waals surface area contributed by atoms with E-state index in [9.17, 15) is 18.0 Å². The van der Waals surface area contributed by atoms with Crippen LogP contribution in [0.15, 0.2) is 36.4 Å². The Labute approximate surface area is 117 Å². The molecule has 1 N–H and O–H groups in total. The van der Waals surface area contributed by atoms with Crippen LogP contribution in [0.1, 0.15) is 10.4 Å². The first kappa shape index (κ1) is 15.1. The highest BCUT2D eigenvalue weighted by Gasteiger charge is 2.27. The van der Waals surface area contributed by atoms with Gasteiger partial charge in [-0.25, -0.2) is 4.79 Å². The Morgan fingerprint density at radius 1 is 1.14 bits per heavy atom. The van der Waals surface area contributed by atoms with Gasteiger partial charge in [0.15, 0.2) is 6.79 Å². The van der Waals surface area contributed by atoms with E-state index in [0.717, 1.165) is 0 Å². The number of ether oxygens (including phenoxy) is 2. The highest BCUT2D eigenvalue weighted by atomic mass is 19.4. The molecule has 7 heteroatoms. The molecule has 0 aromatic heterocycles. The minimum atomic E-state index is -4.46. The molecule has 0 saturated heterocycles. The Hall–Kier alpha value is -2.28. The van der Waals surface area contributed by atoms with Crippen LogP contribution in [0, 0.1) is 0 Å². The van der Waals surface area contributed by atoms with E-state index in [1.54, 1.807) is 24.3 Å². The molecule has 0 aliphatic heterocycles. The lowest BCUT2D eigenvalue weighted by Crippen LogP contribution is -2.19. The van der Waals surface area contributed by atoms with Crippen LogP contribution in [0.2, 0.25) is 0 Å². The topological polar surface area (TPSA) is 55.8 Å². The van der Waals surface area contributed by atoms with Crippen molar-refractivity contribution in [1.82, 2.24) is 0 Å². The van der Waals surface area contributed by atoms with Crippen LogP contribution in [0.3, 0.4) is 0 Å². The first-order valence-electron chi connectivity index (χ1n) is 5.90. The van der Waals surface area contributed by atoms with Crippen molar-refractivity contribution in [3.05, 3.63) is 42.0 Å². The third-order valence-electron chi connectivity index (χ3n) is 2.64. The minimum absolute atomic E-state index is 0.0385. The zero-order chi connectivity index (χ0) is 15.5. The average Bonchev–Trinajstić information content (AvgIpc) is 2.41. The lowest BCUT2D eigenvalue weighted by Gasteiger charge is -2.12. The van der Waals surface area contributed by atoms with Gasteiger partial charge in [0.1, 0.15) is 17.9 Å². The number of rotatable bonds is 5. The summed E-state index contributed by atoms with van der Waals surface area (Å²) in [5.74, 6) is -1.27. The molecule has 2 aromatic carbocycles. The molecule has 0 bridgehead atoms. The predicted molar refractivity (Wildman–Crippen MR) is 68.4 cm³/mol. The molecule has 112 valence electrons. The fraction of sp³-hybridized carbons (Fsp3) is 0.214. The van der Waals surface area contributed by atoms with Gasteiger partial charge in [0.25, 0.3) is 0 Å². The van der Waals surface area contributed by atoms with Crippen molar-refractivity contribution in [3.63, 3.8) is 0 Å². The van der Waals surface area contributed by atoms with Crippen molar-refractivity contribution in [1.29, 1.82) is 0 Å². The van der Waals surface area contributed by atoms with Gasteiger partial charge >= 0.3 is 12.1 Å². The normalized spacial score (nSPS) is 11.6. The van der Waals surface area contributed by atoms with E-state index in [-0.39, 0.29) is 11.3 Å². The number of carbonyl (C=O) groups is 1. The zero-order valence-corrected chi connectivity index (χ0v) is 10.7. The van der Waals surface area contributed by atoms with E-state index >= 15 is 0 Å². The second-order valence-electron chi connectivity index (χ2n) is 4.23. The molecule has 0 atom stereocenters. The van der Waals surface area contributed by atoms with Gasteiger partial charge < -0.3 is 14.6 Å². The number of hydrogen-bond acceptors (Lipinski definition) is 3. The molecule has 0 spiro atoms. The monoisotopic (exact) mass is 300 g/mol. The highest BCUT2D eigenvalue weighted by Crippen LogP contribution is 2.26. The summed E-state index contributed by atoms with van der Waals surface area (Å²) in [6.45, 7) is -2.14. The highest BCUT2D eigenvalue weighted by molar-refractivity contribution is 5.97. The molecule has 0 radical (unpaired) electrons. The molecule has 0 amide bonds. The number of halogens is 3. The minimum Gasteiger partial charge on any atom is -0.478 e. The predicted octanol–water partition coefficient (Wildman–Crippen LogP) is 3.45. The van der Waals surface area contributed by atoms with Gasteiger partial charge in [-0.2, -0.15) is 13.2 Å². The number of fused-ring (bicyclic) bond motifs is 1. The van der Waals surface area contributed by atoms with Gasteiger partial charge in [-0.3, -0.25) is 0 Å². The van der Waals surface area contributed by atoms with E-state index < -0.39 is 25.5 Å². The van der Waals surface area contributed by atoms with E-state index in [0.29, 0.717) is 10.8 Å². The van der Waals surface area contributed by atoms with Crippen LogP contribution in [-0.4, -0.2) is 30.7 Å². The maximum atomic E-state index is 11.9. The summed E-state index contributed by atoms with van der Waals surface area (Å²) in [5.41, 5.74) is -0.135. The molecule has 4 nitrogen and oxygen atoms in total. The first-order chi connectivity index (χ1) is 9.87. The summed E-state index contributed by atoms with van der Waals surface area (Å²) in [6, 6.07) is 9.83. The fourth-order valence-corrected chi connectivity index (χ4v) is 1.77. The molecule has 0 saturated carbocycles. The molecule has 0 aliphatic rings. The molecule has 21 heavy (non-hydrogen) atoms. The van der Waals surface area contributed by atoms with Gasteiger partial charge in [0.2, 0.25) is 0 Å². The van der Waals surface area contributed by atoms with Crippen molar-refractivity contribution >= 4 is 16.7 Å². The molecular weight excluding hydrogens is 289 g/mol. The van der Waals surface area contributed by atoms with E-state index in [1.165, 1.54) is 12.1 Å². The summed E-state index contributed by atoms with van der Waals surface area (Å²) in [6.07, 6.45) is -4.46. The lowest BCUT2D eigenvalue weighted by atomic mass is 10.1. The molecular formula is C14H11F3O4. The van der Waals surface area contributed by atoms with Gasteiger partial charge in [-0.1, -0.05) is 24.3 Å². The third-order valence-corrected chi connectivity index (χ3v) is 2.64. The van der Waals surface area contributed by atoms with Gasteiger partial charge in [0.05, 0.1) is 0 Å². The molecule has 0 heterocycles. The average molecular weight is 300 g/mol. The van der Waals surface area contributed by atoms with Crippen LogP contribution in [0.5, 0.6) is 5.75 Å². The quantitative estimate of drug-likeness (QED) is 0.678.